The predicted octanol–water partition coefficient (Wildman–Crippen LogP) is 1.48. The highest BCUT2D eigenvalue weighted by atomic mass is 16.5. The number of nitrogens with one attached hydrogen (secondary N) is 2. The van der Waals surface area contributed by atoms with Crippen LogP contribution in [0.25, 0.3) is 11.0 Å². The standard InChI is InChI=1S/C12H16N4O/c1-2-6-13-9(3-1)8-17-10-4-5-11-12(7-10)15-16-14-11/h4-5,7,9,13H,1-3,6,8H2,(H,14,15,16). The largest absolute Gasteiger partial charge is 0.492 e. The second kappa shape index (κ2) is 4.71. The van der Waals surface area contributed by atoms with E-state index >= 15 is 0 Å². The zero-order valence-electron chi connectivity index (χ0n) is 9.65. The summed E-state index contributed by atoms with van der Waals surface area (Å²) in [5.41, 5.74) is 1.72. The zero-order chi connectivity index (χ0) is 11.5. The Morgan fingerprint density at radius 2 is 2.18 bits per heavy atom. The van der Waals surface area contributed by atoms with Gasteiger partial charge in [0.2, 0.25) is 0 Å². The van der Waals surface area contributed by atoms with Gasteiger partial charge >= 0.3 is 0 Å². The summed E-state index contributed by atoms with van der Waals surface area (Å²) in [7, 11) is 0. The summed E-state index contributed by atoms with van der Waals surface area (Å²) >= 11 is 0. The number of benzene rings is 1. The van der Waals surface area contributed by atoms with Gasteiger partial charge in [-0.3, -0.25) is 0 Å². The number of fused-ring (bicyclic) bond motifs is 1. The lowest BCUT2D eigenvalue weighted by atomic mass is 10.1. The lowest BCUT2D eigenvalue weighted by Gasteiger charge is -2.23. The third-order valence-corrected chi connectivity index (χ3v) is 3.15. The van der Waals surface area contributed by atoms with Crippen LogP contribution in [0, 0.1) is 0 Å². The average molecular weight is 232 g/mol. The lowest BCUT2D eigenvalue weighted by Crippen LogP contribution is -2.38. The van der Waals surface area contributed by atoms with E-state index in [2.05, 4.69) is 20.7 Å². The highest BCUT2D eigenvalue weighted by Gasteiger charge is 2.13. The molecule has 1 fully saturated rings. The van der Waals surface area contributed by atoms with Crippen LogP contribution in [0.3, 0.4) is 0 Å². The number of aromatic amines is 1. The minimum Gasteiger partial charge on any atom is -0.492 e. The second-order valence-electron chi connectivity index (χ2n) is 4.43. The molecule has 2 heterocycles. The van der Waals surface area contributed by atoms with Gasteiger partial charge in [-0.15, -0.1) is 0 Å². The summed E-state index contributed by atoms with van der Waals surface area (Å²) < 4.78 is 5.78. The first-order chi connectivity index (χ1) is 8.42. The number of nitrogens with zero attached hydrogens (tertiary/aromatic N) is 2. The van der Waals surface area contributed by atoms with Crippen LogP contribution < -0.4 is 10.1 Å². The van der Waals surface area contributed by atoms with Crippen molar-refractivity contribution in [3.8, 4) is 5.75 Å². The molecular formula is C12H16N4O. The van der Waals surface area contributed by atoms with E-state index in [4.69, 9.17) is 4.74 Å². The van der Waals surface area contributed by atoms with Gasteiger partial charge in [0.05, 0.1) is 0 Å². The van der Waals surface area contributed by atoms with Gasteiger partial charge in [-0.05, 0) is 31.5 Å². The number of aromatic nitrogens is 3. The summed E-state index contributed by atoms with van der Waals surface area (Å²) in [6.07, 6.45) is 3.77. The topological polar surface area (TPSA) is 62.8 Å². The normalized spacial score (nSPS) is 20.6. The number of piperidine rings is 1. The number of rotatable bonds is 3. The summed E-state index contributed by atoms with van der Waals surface area (Å²) in [5, 5.41) is 14.1. The molecule has 0 amide bonds. The van der Waals surface area contributed by atoms with Crippen molar-refractivity contribution in [2.24, 2.45) is 0 Å². The van der Waals surface area contributed by atoms with Crippen molar-refractivity contribution in [2.45, 2.75) is 25.3 Å². The molecule has 0 radical (unpaired) electrons. The van der Waals surface area contributed by atoms with E-state index in [-0.39, 0.29) is 0 Å². The van der Waals surface area contributed by atoms with Crippen molar-refractivity contribution < 1.29 is 4.74 Å². The Hall–Kier alpha value is -1.62. The zero-order valence-corrected chi connectivity index (χ0v) is 9.65. The Labute approximate surface area is 99.5 Å². The molecule has 0 aliphatic carbocycles. The molecule has 0 saturated carbocycles. The summed E-state index contributed by atoms with van der Waals surface area (Å²) in [6.45, 7) is 1.83. The SMILES string of the molecule is c1cc2n[nH]nc2cc1OCC1CCCCN1. The molecule has 0 bridgehead atoms. The van der Waals surface area contributed by atoms with Crippen molar-refractivity contribution in [1.82, 2.24) is 20.7 Å². The Bertz CT molecular complexity index is 490. The predicted molar refractivity (Wildman–Crippen MR) is 65.0 cm³/mol. The van der Waals surface area contributed by atoms with Gasteiger partial charge in [-0.25, -0.2) is 0 Å². The van der Waals surface area contributed by atoms with Crippen LogP contribution in [0.2, 0.25) is 0 Å². The molecule has 2 N–H and O–H groups in total. The Morgan fingerprint density at radius 1 is 1.24 bits per heavy atom. The maximum Gasteiger partial charge on any atom is 0.121 e. The van der Waals surface area contributed by atoms with E-state index in [1.807, 2.05) is 18.2 Å². The third-order valence-electron chi connectivity index (χ3n) is 3.15. The first-order valence-electron chi connectivity index (χ1n) is 6.08. The molecule has 0 spiro atoms. The number of ether oxygens (including phenoxy) is 1. The number of H-pyrrole nitrogens is 1. The average Bonchev–Trinajstić information content (AvgIpc) is 2.85. The van der Waals surface area contributed by atoms with E-state index < -0.39 is 0 Å². The molecule has 1 aromatic heterocycles. The van der Waals surface area contributed by atoms with E-state index in [1.165, 1.54) is 19.3 Å². The first kappa shape index (κ1) is 10.5. The van der Waals surface area contributed by atoms with E-state index in [0.717, 1.165) is 29.9 Å². The summed E-state index contributed by atoms with van der Waals surface area (Å²) in [4.78, 5) is 0. The highest BCUT2D eigenvalue weighted by molar-refractivity contribution is 5.75. The van der Waals surface area contributed by atoms with Gasteiger partial charge in [-0.2, -0.15) is 15.4 Å². The molecule has 1 atom stereocenters. The maximum atomic E-state index is 5.78. The lowest BCUT2D eigenvalue weighted by molar-refractivity contribution is 0.239. The van der Waals surface area contributed by atoms with Crippen LogP contribution in [-0.4, -0.2) is 34.6 Å². The minimum atomic E-state index is 0.483. The Balaban J connectivity index is 1.63. The first-order valence-corrected chi connectivity index (χ1v) is 6.08. The van der Waals surface area contributed by atoms with Crippen LogP contribution in [0.4, 0.5) is 0 Å². The number of hydrogen-bond donors (Lipinski definition) is 2. The van der Waals surface area contributed by atoms with Crippen LogP contribution in [0.5, 0.6) is 5.75 Å². The van der Waals surface area contributed by atoms with Crippen molar-refractivity contribution in [3.05, 3.63) is 18.2 Å². The molecule has 1 aromatic carbocycles. The van der Waals surface area contributed by atoms with E-state index in [1.54, 1.807) is 0 Å². The maximum absolute atomic E-state index is 5.78. The van der Waals surface area contributed by atoms with Gasteiger partial charge in [0.25, 0.3) is 0 Å². The third kappa shape index (κ3) is 2.39. The second-order valence-corrected chi connectivity index (χ2v) is 4.43. The monoisotopic (exact) mass is 232 g/mol. The van der Waals surface area contributed by atoms with Crippen molar-refractivity contribution >= 4 is 11.0 Å². The fourth-order valence-electron chi connectivity index (χ4n) is 2.17. The van der Waals surface area contributed by atoms with Crippen LogP contribution in [0.15, 0.2) is 18.2 Å². The molecule has 5 nitrogen and oxygen atoms in total. The fourth-order valence-corrected chi connectivity index (χ4v) is 2.17. The van der Waals surface area contributed by atoms with Crippen molar-refractivity contribution in [2.75, 3.05) is 13.2 Å². The minimum absolute atomic E-state index is 0.483. The molecule has 5 heteroatoms. The molecule has 1 unspecified atom stereocenters. The molecular weight excluding hydrogens is 216 g/mol. The number of hydrogen-bond acceptors (Lipinski definition) is 4. The fraction of sp³-hybridized carbons (Fsp3) is 0.500. The van der Waals surface area contributed by atoms with Gasteiger partial charge in [0.15, 0.2) is 0 Å². The van der Waals surface area contributed by atoms with E-state index in [9.17, 15) is 0 Å². The summed E-state index contributed by atoms with van der Waals surface area (Å²) in [5.74, 6) is 0.860. The molecule has 1 aliphatic rings. The Morgan fingerprint density at radius 3 is 3.06 bits per heavy atom. The summed E-state index contributed by atoms with van der Waals surface area (Å²) in [6, 6.07) is 6.26. The molecule has 1 saturated heterocycles. The van der Waals surface area contributed by atoms with Crippen molar-refractivity contribution in [3.63, 3.8) is 0 Å². The molecule has 3 rings (SSSR count). The molecule has 17 heavy (non-hydrogen) atoms. The quantitative estimate of drug-likeness (QED) is 0.841. The van der Waals surface area contributed by atoms with E-state index in [0.29, 0.717) is 6.04 Å². The van der Waals surface area contributed by atoms with Crippen LogP contribution >= 0.6 is 0 Å². The van der Waals surface area contributed by atoms with Gasteiger partial charge in [0.1, 0.15) is 23.4 Å². The smallest absolute Gasteiger partial charge is 0.121 e. The van der Waals surface area contributed by atoms with Gasteiger partial charge in [-0.1, -0.05) is 6.42 Å². The van der Waals surface area contributed by atoms with Gasteiger partial charge in [0, 0.05) is 12.1 Å². The van der Waals surface area contributed by atoms with Crippen LogP contribution in [-0.2, 0) is 0 Å². The molecule has 90 valence electrons. The van der Waals surface area contributed by atoms with Crippen LogP contribution in [0.1, 0.15) is 19.3 Å². The molecule has 2 aromatic rings. The Kier molecular flexibility index (Phi) is 2.92. The van der Waals surface area contributed by atoms with Gasteiger partial charge < -0.3 is 10.1 Å². The highest BCUT2D eigenvalue weighted by Crippen LogP contribution is 2.18. The van der Waals surface area contributed by atoms with Crippen molar-refractivity contribution in [1.29, 1.82) is 0 Å². The molecule has 1 aliphatic heterocycles.